The fraction of sp³-hybridized carbons (Fsp3) is 0.250. The standard InChI is InChI=1S/C16H16N4O2/c1-4-22-16(21)12-9-17-6-5-11(12)14-19-13-7-10(2)8-18-15(13)20(14)3/h5-9H,4H2,1-3H3. The van der Waals surface area contributed by atoms with Crippen LogP contribution in [0.5, 0.6) is 0 Å². The second-order valence-electron chi connectivity index (χ2n) is 4.99. The molecule has 3 aromatic rings. The van der Waals surface area contributed by atoms with E-state index in [1.807, 2.05) is 24.6 Å². The van der Waals surface area contributed by atoms with Gasteiger partial charge in [-0.25, -0.2) is 14.8 Å². The fourth-order valence-electron chi connectivity index (χ4n) is 2.38. The summed E-state index contributed by atoms with van der Waals surface area (Å²) in [6.07, 6.45) is 4.94. The van der Waals surface area contributed by atoms with Crippen LogP contribution < -0.4 is 0 Å². The number of pyridine rings is 2. The molecule has 0 N–H and O–H groups in total. The highest BCUT2D eigenvalue weighted by molar-refractivity contribution is 5.96. The summed E-state index contributed by atoms with van der Waals surface area (Å²) in [5, 5.41) is 0. The van der Waals surface area contributed by atoms with E-state index >= 15 is 0 Å². The van der Waals surface area contributed by atoms with Gasteiger partial charge in [0.05, 0.1) is 12.2 Å². The predicted molar refractivity (Wildman–Crippen MR) is 82.4 cm³/mol. The number of nitrogens with zero attached hydrogens (tertiary/aromatic N) is 4. The van der Waals surface area contributed by atoms with Crippen molar-refractivity contribution in [1.29, 1.82) is 0 Å². The molecule has 6 nitrogen and oxygen atoms in total. The Labute approximate surface area is 127 Å². The number of carbonyl (C=O) groups excluding carboxylic acids is 1. The van der Waals surface area contributed by atoms with Crippen molar-refractivity contribution in [3.63, 3.8) is 0 Å². The monoisotopic (exact) mass is 296 g/mol. The largest absolute Gasteiger partial charge is 0.462 e. The molecule has 22 heavy (non-hydrogen) atoms. The number of hydrogen-bond acceptors (Lipinski definition) is 5. The molecule has 3 aromatic heterocycles. The van der Waals surface area contributed by atoms with Gasteiger partial charge in [-0.05, 0) is 31.5 Å². The van der Waals surface area contributed by atoms with E-state index in [-0.39, 0.29) is 0 Å². The highest BCUT2D eigenvalue weighted by Crippen LogP contribution is 2.26. The van der Waals surface area contributed by atoms with E-state index in [0.29, 0.717) is 23.6 Å². The smallest absolute Gasteiger partial charge is 0.340 e. The van der Waals surface area contributed by atoms with Gasteiger partial charge in [0.1, 0.15) is 11.3 Å². The molecule has 0 atom stereocenters. The molecule has 0 fully saturated rings. The molecule has 6 heteroatoms. The normalized spacial score (nSPS) is 10.9. The van der Waals surface area contributed by atoms with Crippen molar-refractivity contribution >= 4 is 17.1 Å². The second-order valence-corrected chi connectivity index (χ2v) is 4.99. The fourth-order valence-corrected chi connectivity index (χ4v) is 2.38. The highest BCUT2D eigenvalue weighted by atomic mass is 16.5. The number of aromatic nitrogens is 4. The van der Waals surface area contributed by atoms with Crippen LogP contribution in [0.25, 0.3) is 22.6 Å². The minimum Gasteiger partial charge on any atom is -0.462 e. The Hall–Kier alpha value is -2.76. The average Bonchev–Trinajstić information content (AvgIpc) is 2.83. The van der Waals surface area contributed by atoms with E-state index in [0.717, 1.165) is 16.7 Å². The van der Waals surface area contributed by atoms with Gasteiger partial charge in [0.25, 0.3) is 0 Å². The van der Waals surface area contributed by atoms with Gasteiger partial charge in [0, 0.05) is 31.2 Å². The number of carbonyl (C=O) groups is 1. The maximum atomic E-state index is 12.1. The lowest BCUT2D eigenvalue weighted by molar-refractivity contribution is 0.0526. The molecule has 0 aromatic carbocycles. The van der Waals surface area contributed by atoms with Crippen LogP contribution in [0.4, 0.5) is 0 Å². The van der Waals surface area contributed by atoms with Gasteiger partial charge >= 0.3 is 5.97 Å². The summed E-state index contributed by atoms with van der Waals surface area (Å²) in [5.41, 5.74) is 3.69. The van der Waals surface area contributed by atoms with E-state index in [1.54, 1.807) is 25.4 Å². The summed E-state index contributed by atoms with van der Waals surface area (Å²) in [6.45, 7) is 4.06. The van der Waals surface area contributed by atoms with Crippen LogP contribution >= 0.6 is 0 Å². The third-order valence-electron chi connectivity index (χ3n) is 3.40. The molecule has 0 bridgehead atoms. The first-order chi connectivity index (χ1) is 10.6. The van der Waals surface area contributed by atoms with Crippen molar-refractivity contribution < 1.29 is 9.53 Å². The van der Waals surface area contributed by atoms with Gasteiger partial charge in [0.15, 0.2) is 5.65 Å². The third kappa shape index (κ3) is 2.32. The molecule has 0 aliphatic heterocycles. The van der Waals surface area contributed by atoms with E-state index in [4.69, 9.17) is 4.74 Å². The molecule has 0 amide bonds. The number of rotatable bonds is 3. The minimum atomic E-state index is -0.401. The Morgan fingerprint density at radius 3 is 2.95 bits per heavy atom. The third-order valence-corrected chi connectivity index (χ3v) is 3.40. The number of hydrogen-bond donors (Lipinski definition) is 0. The van der Waals surface area contributed by atoms with Crippen molar-refractivity contribution in [1.82, 2.24) is 19.5 Å². The van der Waals surface area contributed by atoms with Gasteiger partial charge in [-0.2, -0.15) is 0 Å². The zero-order valence-corrected chi connectivity index (χ0v) is 12.7. The molecule has 0 saturated heterocycles. The molecule has 0 saturated carbocycles. The second kappa shape index (κ2) is 5.55. The number of fused-ring (bicyclic) bond motifs is 1. The van der Waals surface area contributed by atoms with Crippen molar-refractivity contribution in [2.75, 3.05) is 6.61 Å². The van der Waals surface area contributed by atoms with Crippen LogP contribution in [0.15, 0.2) is 30.7 Å². The van der Waals surface area contributed by atoms with E-state index < -0.39 is 5.97 Å². The molecule has 0 aliphatic carbocycles. The van der Waals surface area contributed by atoms with Crippen molar-refractivity contribution in [2.45, 2.75) is 13.8 Å². The van der Waals surface area contributed by atoms with Crippen molar-refractivity contribution in [3.05, 3.63) is 41.9 Å². The first kappa shape index (κ1) is 14.2. The Kier molecular flexibility index (Phi) is 3.58. The Balaban J connectivity index is 2.20. The van der Waals surface area contributed by atoms with Gasteiger partial charge in [0.2, 0.25) is 0 Å². The van der Waals surface area contributed by atoms with Crippen LogP contribution in [0.3, 0.4) is 0 Å². The highest BCUT2D eigenvalue weighted by Gasteiger charge is 2.19. The number of imidazole rings is 1. The van der Waals surface area contributed by atoms with Gasteiger partial charge in [-0.1, -0.05) is 0 Å². The summed E-state index contributed by atoms with van der Waals surface area (Å²) in [6, 6.07) is 3.73. The maximum absolute atomic E-state index is 12.1. The number of aryl methyl sites for hydroxylation is 2. The molecule has 0 spiro atoms. The lowest BCUT2D eigenvalue weighted by Gasteiger charge is -2.08. The van der Waals surface area contributed by atoms with Crippen molar-refractivity contribution in [2.24, 2.45) is 7.05 Å². The van der Waals surface area contributed by atoms with Gasteiger partial charge in [-0.15, -0.1) is 0 Å². The van der Waals surface area contributed by atoms with Crippen LogP contribution in [0, 0.1) is 6.92 Å². The first-order valence-electron chi connectivity index (χ1n) is 7.02. The van der Waals surface area contributed by atoms with E-state index in [9.17, 15) is 4.79 Å². The predicted octanol–water partition coefficient (Wildman–Crippen LogP) is 2.52. The Bertz CT molecular complexity index is 854. The lowest BCUT2D eigenvalue weighted by Crippen LogP contribution is -2.08. The van der Waals surface area contributed by atoms with Crippen LogP contribution in [-0.2, 0) is 11.8 Å². The van der Waals surface area contributed by atoms with Crippen LogP contribution in [0.2, 0.25) is 0 Å². The zero-order chi connectivity index (χ0) is 15.7. The first-order valence-corrected chi connectivity index (χ1v) is 7.02. The Morgan fingerprint density at radius 2 is 2.18 bits per heavy atom. The molecule has 112 valence electrons. The average molecular weight is 296 g/mol. The molecule has 3 rings (SSSR count). The van der Waals surface area contributed by atoms with E-state index in [1.165, 1.54) is 6.20 Å². The van der Waals surface area contributed by atoms with Crippen molar-refractivity contribution in [3.8, 4) is 11.4 Å². The summed E-state index contributed by atoms with van der Waals surface area (Å²) < 4.78 is 6.96. The zero-order valence-electron chi connectivity index (χ0n) is 12.7. The maximum Gasteiger partial charge on any atom is 0.340 e. The summed E-state index contributed by atoms with van der Waals surface area (Å²) >= 11 is 0. The summed E-state index contributed by atoms with van der Waals surface area (Å²) in [7, 11) is 1.88. The Morgan fingerprint density at radius 1 is 1.36 bits per heavy atom. The van der Waals surface area contributed by atoms with Gasteiger partial charge < -0.3 is 9.30 Å². The topological polar surface area (TPSA) is 69.9 Å². The molecule has 0 unspecified atom stereocenters. The summed E-state index contributed by atoms with van der Waals surface area (Å²) in [4.78, 5) is 25.1. The molecular formula is C16H16N4O2. The van der Waals surface area contributed by atoms with Crippen LogP contribution in [-0.4, -0.2) is 32.1 Å². The molecule has 3 heterocycles. The number of esters is 1. The number of ether oxygens (including phenoxy) is 1. The van der Waals surface area contributed by atoms with Gasteiger partial charge in [-0.3, -0.25) is 4.98 Å². The SMILES string of the molecule is CCOC(=O)c1cnccc1-c1nc2cc(C)cnc2n1C. The molecule has 0 aliphatic rings. The minimum absolute atomic E-state index is 0.316. The molecule has 0 radical (unpaired) electrons. The van der Waals surface area contributed by atoms with Crippen LogP contribution in [0.1, 0.15) is 22.8 Å². The quantitative estimate of drug-likeness (QED) is 0.695. The lowest BCUT2D eigenvalue weighted by atomic mass is 10.1. The van der Waals surface area contributed by atoms with E-state index in [2.05, 4.69) is 15.0 Å². The molecular weight excluding hydrogens is 280 g/mol. The summed E-state index contributed by atoms with van der Waals surface area (Å²) in [5.74, 6) is 0.264.